The lowest BCUT2D eigenvalue weighted by Gasteiger charge is -2.16. The Morgan fingerprint density at radius 3 is 2.50 bits per heavy atom. The van der Waals surface area contributed by atoms with Crippen LogP contribution in [0.4, 0.5) is 0 Å². The first-order chi connectivity index (χ1) is 9.60. The minimum Gasteiger partial charge on any atom is -0.497 e. The van der Waals surface area contributed by atoms with Crippen LogP contribution in [0.25, 0.3) is 5.69 Å². The number of hydrogen-bond donors (Lipinski definition) is 0. The van der Waals surface area contributed by atoms with Gasteiger partial charge in [0.2, 0.25) is 0 Å². The number of nitrogens with zero attached hydrogens (tertiary/aromatic N) is 1. The zero-order valence-corrected chi connectivity index (χ0v) is 11.5. The highest BCUT2D eigenvalue weighted by Gasteiger charge is 2.10. The Morgan fingerprint density at radius 1 is 1.15 bits per heavy atom. The molecule has 0 saturated heterocycles. The van der Waals surface area contributed by atoms with Crippen molar-refractivity contribution in [1.29, 1.82) is 0 Å². The molecule has 1 aromatic carbocycles. The maximum atomic E-state index is 11.6. The minimum atomic E-state index is -0.296. The normalized spacial score (nSPS) is 10.2. The number of rotatable bonds is 4. The number of aryl methyl sites for hydroxylation is 1. The second-order valence-electron chi connectivity index (χ2n) is 4.26. The topological polar surface area (TPSA) is 57.5 Å². The number of aldehydes is 1. The lowest BCUT2D eigenvalue weighted by molar-refractivity contribution is 0.112. The highest BCUT2D eigenvalue weighted by molar-refractivity contribution is 5.74. The fraction of sp³-hybridized carbons (Fsp3) is 0.200. The molecule has 0 unspecified atom stereocenters. The van der Waals surface area contributed by atoms with Gasteiger partial charge in [-0.25, -0.2) is 0 Å². The van der Waals surface area contributed by atoms with Crippen LogP contribution < -0.4 is 14.9 Å². The van der Waals surface area contributed by atoms with Crippen LogP contribution in [0.3, 0.4) is 0 Å². The van der Waals surface area contributed by atoms with E-state index in [4.69, 9.17) is 9.47 Å². The van der Waals surface area contributed by atoms with E-state index < -0.39 is 0 Å². The average Bonchev–Trinajstić information content (AvgIpc) is 2.47. The zero-order valence-electron chi connectivity index (χ0n) is 11.5. The predicted molar refractivity (Wildman–Crippen MR) is 75.3 cm³/mol. The number of carbonyl (C=O) groups is 1. The summed E-state index contributed by atoms with van der Waals surface area (Å²) in [6, 6.07) is 6.75. The van der Waals surface area contributed by atoms with Gasteiger partial charge < -0.3 is 14.0 Å². The Labute approximate surface area is 116 Å². The smallest absolute Gasteiger partial charge is 0.192 e. The van der Waals surface area contributed by atoms with Gasteiger partial charge in [-0.15, -0.1) is 0 Å². The standard InChI is InChI=1S/C15H15NO4/c1-10-6-14(18)11(9-17)8-16(10)13-7-12(19-2)4-5-15(13)20-3/h4-9H,1-3H3. The van der Waals surface area contributed by atoms with Gasteiger partial charge >= 0.3 is 0 Å². The van der Waals surface area contributed by atoms with E-state index in [0.717, 1.165) is 0 Å². The molecule has 2 aromatic rings. The number of carbonyl (C=O) groups excluding carboxylic acids is 1. The molecule has 5 heteroatoms. The molecule has 0 bridgehead atoms. The highest BCUT2D eigenvalue weighted by atomic mass is 16.5. The van der Waals surface area contributed by atoms with E-state index in [9.17, 15) is 9.59 Å². The van der Waals surface area contributed by atoms with Crippen molar-refractivity contribution in [2.75, 3.05) is 14.2 Å². The van der Waals surface area contributed by atoms with E-state index in [-0.39, 0.29) is 11.0 Å². The van der Waals surface area contributed by atoms with Crippen LogP contribution in [0.2, 0.25) is 0 Å². The molecule has 0 aliphatic carbocycles. The van der Waals surface area contributed by atoms with Crippen LogP contribution in [-0.2, 0) is 0 Å². The van der Waals surface area contributed by atoms with Gasteiger partial charge in [0, 0.05) is 24.0 Å². The molecule has 0 aliphatic heterocycles. The Bertz CT molecular complexity index is 704. The number of benzene rings is 1. The van der Waals surface area contributed by atoms with Crippen molar-refractivity contribution >= 4 is 6.29 Å². The van der Waals surface area contributed by atoms with Crippen LogP contribution in [0.5, 0.6) is 11.5 Å². The molecule has 2 rings (SSSR count). The van der Waals surface area contributed by atoms with Crippen LogP contribution in [0, 0.1) is 6.92 Å². The molecule has 0 atom stereocenters. The fourth-order valence-corrected chi connectivity index (χ4v) is 1.98. The molecule has 0 saturated carbocycles. The summed E-state index contributed by atoms with van der Waals surface area (Å²) in [6.07, 6.45) is 2.05. The molecule has 0 fully saturated rings. The third-order valence-electron chi connectivity index (χ3n) is 3.05. The molecular weight excluding hydrogens is 258 g/mol. The average molecular weight is 273 g/mol. The summed E-state index contributed by atoms with van der Waals surface area (Å²) >= 11 is 0. The number of aromatic nitrogens is 1. The van der Waals surface area contributed by atoms with Gasteiger partial charge in [-0.2, -0.15) is 0 Å². The fourth-order valence-electron chi connectivity index (χ4n) is 1.98. The first-order valence-corrected chi connectivity index (χ1v) is 6.01. The maximum absolute atomic E-state index is 11.6. The molecule has 0 N–H and O–H groups in total. The van der Waals surface area contributed by atoms with Crippen molar-refractivity contribution < 1.29 is 14.3 Å². The zero-order chi connectivity index (χ0) is 14.7. The lowest BCUT2D eigenvalue weighted by Crippen LogP contribution is -2.14. The van der Waals surface area contributed by atoms with Crippen molar-refractivity contribution in [3.05, 3.63) is 51.9 Å². The van der Waals surface area contributed by atoms with Crippen molar-refractivity contribution in [2.45, 2.75) is 6.92 Å². The second-order valence-corrected chi connectivity index (χ2v) is 4.26. The number of hydrogen-bond acceptors (Lipinski definition) is 4. The molecule has 0 aliphatic rings. The summed E-state index contributed by atoms with van der Waals surface area (Å²) < 4.78 is 12.2. The van der Waals surface area contributed by atoms with E-state index in [1.807, 2.05) is 0 Å². The van der Waals surface area contributed by atoms with E-state index in [2.05, 4.69) is 0 Å². The van der Waals surface area contributed by atoms with Crippen molar-refractivity contribution in [2.24, 2.45) is 0 Å². The van der Waals surface area contributed by atoms with Crippen LogP contribution in [-0.4, -0.2) is 25.1 Å². The number of ether oxygens (including phenoxy) is 2. The SMILES string of the molecule is COc1ccc(OC)c(-n2cc(C=O)c(=O)cc2C)c1. The summed E-state index contributed by atoms with van der Waals surface area (Å²) in [5, 5.41) is 0. The first-order valence-electron chi connectivity index (χ1n) is 6.01. The third kappa shape index (κ3) is 2.42. The van der Waals surface area contributed by atoms with Gasteiger partial charge in [-0.1, -0.05) is 0 Å². The monoisotopic (exact) mass is 273 g/mol. The van der Waals surface area contributed by atoms with Crippen LogP contribution in [0.1, 0.15) is 16.1 Å². The molecule has 1 heterocycles. The molecule has 0 amide bonds. The van der Waals surface area contributed by atoms with Gasteiger partial charge in [-0.3, -0.25) is 9.59 Å². The van der Waals surface area contributed by atoms with E-state index >= 15 is 0 Å². The van der Waals surface area contributed by atoms with Crippen LogP contribution in [0.15, 0.2) is 35.3 Å². The summed E-state index contributed by atoms with van der Waals surface area (Å²) in [6.45, 7) is 1.79. The molecule has 0 spiro atoms. The van der Waals surface area contributed by atoms with E-state index in [0.29, 0.717) is 29.2 Å². The third-order valence-corrected chi connectivity index (χ3v) is 3.05. The first kappa shape index (κ1) is 13.9. The number of methoxy groups -OCH3 is 2. The van der Waals surface area contributed by atoms with Gasteiger partial charge in [0.15, 0.2) is 11.7 Å². The van der Waals surface area contributed by atoms with Crippen molar-refractivity contribution in [3.8, 4) is 17.2 Å². The summed E-state index contributed by atoms with van der Waals surface area (Å²) in [7, 11) is 3.13. The summed E-state index contributed by atoms with van der Waals surface area (Å²) in [5.41, 5.74) is 1.20. The number of pyridine rings is 1. The van der Waals surface area contributed by atoms with Crippen molar-refractivity contribution in [3.63, 3.8) is 0 Å². The summed E-state index contributed by atoms with van der Waals surface area (Å²) in [5.74, 6) is 1.28. The Balaban J connectivity index is 2.72. The molecule has 104 valence electrons. The van der Waals surface area contributed by atoms with E-state index in [1.165, 1.54) is 12.3 Å². The Hall–Kier alpha value is -2.56. The quantitative estimate of drug-likeness (QED) is 0.799. The second kappa shape index (κ2) is 5.61. The highest BCUT2D eigenvalue weighted by Crippen LogP contribution is 2.28. The van der Waals surface area contributed by atoms with Crippen LogP contribution >= 0.6 is 0 Å². The van der Waals surface area contributed by atoms with Gasteiger partial charge in [-0.05, 0) is 19.1 Å². The largest absolute Gasteiger partial charge is 0.497 e. The van der Waals surface area contributed by atoms with Gasteiger partial charge in [0.05, 0.1) is 25.5 Å². The minimum absolute atomic E-state index is 0.0977. The van der Waals surface area contributed by atoms with Crippen molar-refractivity contribution in [1.82, 2.24) is 4.57 Å². The van der Waals surface area contributed by atoms with Gasteiger partial charge in [0.1, 0.15) is 11.5 Å². The lowest BCUT2D eigenvalue weighted by atomic mass is 10.2. The maximum Gasteiger partial charge on any atom is 0.192 e. The summed E-state index contributed by atoms with van der Waals surface area (Å²) in [4.78, 5) is 22.6. The Morgan fingerprint density at radius 2 is 1.90 bits per heavy atom. The molecule has 20 heavy (non-hydrogen) atoms. The molecule has 0 radical (unpaired) electrons. The molecular formula is C15H15NO4. The van der Waals surface area contributed by atoms with Gasteiger partial charge in [0.25, 0.3) is 0 Å². The molecule has 1 aromatic heterocycles. The molecule has 5 nitrogen and oxygen atoms in total. The Kier molecular flexibility index (Phi) is 3.89. The predicted octanol–water partition coefficient (Wildman–Crippen LogP) is 1.98. The van der Waals surface area contributed by atoms with E-state index in [1.54, 1.807) is 43.9 Å².